The summed E-state index contributed by atoms with van der Waals surface area (Å²) in [7, 11) is -4.72. The number of aromatic nitrogens is 7. The number of benzene rings is 1. The number of ether oxygens (including phenoxy) is 1. The molecule has 0 bridgehead atoms. The lowest BCUT2D eigenvalue weighted by Crippen LogP contribution is -2.28. The number of rotatable bonds is 7. The summed E-state index contributed by atoms with van der Waals surface area (Å²) in [4.78, 5) is 44.2. The van der Waals surface area contributed by atoms with Crippen molar-refractivity contribution in [3.05, 3.63) is 78.6 Å². The van der Waals surface area contributed by atoms with Crippen molar-refractivity contribution >= 4 is 25.4 Å². The quantitative estimate of drug-likeness (QED) is 0.276. The van der Waals surface area contributed by atoms with E-state index in [0.717, 1.165) is 17.2 Å². The molecule has 4 aromatic heterocycles. The number of carbonyl (C=O) groups excluding carboxylic acids is 1. The first kappa shape index (κ1) is 25.6. The van der Waals surface area contributed by atoms with Crippen molar-refractivity contribution in [1.29, 1.82) is 0 Å². The van der Waals surface area contributed by atoms with Crippen molar-refractivity contribution in [2.45, 2.75) is 12.8 Å². The van der Waals surface area contributed by atoms with Crippen LogP contribution in [0.3, 0.4) is 0 Å². The molecule has 1 aliphatic rings. The van der Waals surface area contributed by atoms with Gasteiger partial charge in [0.1, 0.15) is 36.4 Å². The largest absolute Gasteiger partial charge is 0.471 e. The Hall–Kier alpha value is -4.63. The highest BCUT2D eigenvalue weighted by Crippen LogP contribution is 2.36. The smallest absolute Gasteiger partial charge is 0.446 e. The molecule has 0 radical (unpaired) electrons. The van der Waals surface area contributed by atoms with Crippen molar-refractivity contribution in [3.8, 4) is 22.5 Å². The second kappa shape index (κ2) is 9.84. The number of carbonyl (C=O) groups is 1. The normalized spacial score (nSPS) is 15.7. The minimum absolute atomic E-state index is 0.00164. The van der Waals surface area contributed by atoms with E-state index in [-0.39, 0.29) is 23.8 Å². The van der Waals surface area contributed by atoms with E-state index >= 15 is 4.39 Å². The Labute approximate surface area is 222 Å². The Balaban J connectivity index is 1.31. The lowest BCUT2D eigenvalue weighted by Gasteiger charge is -2.20. The van der Waals surface area contributed by atoms with Crippen LogP contribution in [-0.4, -0.2) is 56.8 Å². The van der Waals surface area contributed by atoms with E-state index in [2.05, 4.69) is 29.7 Å². The number of amides is 1. The van der Waals surface area contributed by atoms with E-state index in [0.29, 0.717) is 22.5 Å². The average Bonchev–Trinajstić information content (AvgIpc) is 3.65. The second-order valence-electron chi connectivity index (χ2n) is 8.53. The minimum atomic E-state index is -4.72. The van der Waals surface area contributed by atoms with Crippen molar-refractivity contribution in [2.75, 3.05) is 11.5 Å². The lowest BCUT2D eigenvalue weighted by atomic mass is 10.1. The maximum absolute atomic E-state index is 15.2. The molecule has 6 rings (SSSR count). The first-order chi connectivity index (χ1) is 19.2. The monoisotopic (exact) mass is 570 g/mol. The van der Waals surface area contributed by atoms with Gasteiger partial charge in [-0.15, -0.1) is 5.10 Å². The van der Waals surface area contributed by atoms with Gasteiger partial charge >= 0.3 is 13.9 Å². The number of hydrogen-bond acceptors (Lipinski definition) is 9. The Morgan fingerprint density at radius 1 is 1.10 bits per heavy atom. The van der Waals surface area contributed by atoms with Crippen LogP contribution >= 0.6 is 7.82 Å². The van der Waals surface area contributed by atoms with Crippen molar-refractivity contribution < 1.29 is 37.2 Å². The lowest BCUT2D eigenvalue weighted by molar-refractivity contribution is 0.145. The van der Waals surface area contributed by atoms with Gasteiger partial charge in [-0.25, -0.2) is 42.2 Å². The molecule has 0 aliphatic carbocycles. The van der Waals surface area contributed by atoms with E-state index in [1.807, 2.05) is 0 Å². The van der Waals surface area contributed by atoms with Gasteiger partial charge in [0.2, 0.25) is 0 Å². The standard InChI is InChI=1S/C23H17F2N8O6P/c24-14-2-4-18(26-8-14)19-10-38-23(34)33(19)20-5-6-32-22(29-20)16(9-28-32)13-1-3-15(17(25)7-13)21-27-11-31(30-21)12-39-40(35,36)37/h1-9,11,19H,10,12H2,(H2,35,36,37)/t19-/m1/s1. The summed E-state index contributed by atoms with van der Waals surface area (Å²) in [5, 5.41) is 8.24. The summed E-state index contributed by atoms with van der Waals surface area (Å²) < 4.78 is 51.5. The number of fused-ring (bicyclic) bond motifs is 1. The molecule has 40 heavy (non-hydrogen) atoms. The van der Waals surface area contributed by atoms with Crippen molar-refractivity contribution in [3.63, 3.8) is 0 Å². The predicted octanol–water partition coefficient (Wildman–Crippen LogP) is 3.09. The number of phosphoric acid groups is 1. The SMILES string of the molecule is O=C1OC[C@H](c2ccc(F)cn2)N1c1ccn2ncc(-c3ccc(-c4ncn(COP(=O)(O)O)n4)c(F)c3)c2n1. The summed E-state index contributed by atoms with van der Waals surface area (Å²) in [6.45, 7) is -0.575. The Morgan fingerprint density at radius 2 is 1.95 bits per heavy atom. The van der Waals surface area contributed by atoms with Crippen LogP contribution < -0.4 is 4.90 Å². The first-order valence-corrected chi connectivity index (χ1v) is 13.0. The van der Waals surface area contributed by atoms with Gasteiger partial charge in [-0.3, -0.25) is 9.51 Å². The zero-order valence-electron chi connectivity index (χ0n) is 20.1. The summed E-state index contributed by atoms with van der Waals surface area (Å²) >= 11 is 0. The number of nitrogens with zero attached hydrogens (tertiary/aromatic N) is 8. The molecule has 0 unspecified atom stereocenters. The summed E-state index contributed by atoms with van der Waals surface area (Å²) in [5.41, 5.74) is 1.67. The molecule has 204 valence electrons. The molecule has 1 amide bonds. The third-order valence-corrected chi connectivity index (χ3v) is 6.43. The fraction of sp³-hybridized carbons (Fsp3) is 0.130. The first-order valence-electron chi connectivity index (χ1n) is 11.5. The Bertz CT molecular complexity index is 1790. The van der Waals surface area contributed by atoms with E-state index in [1.165, 1.54) is 39.9 Å². The fourth-order valence-electron chi connectivity index (χ4n) is 4.15. The third-order valence-electron chi connectivity index (χ3n) is 5.98. The number of hydrogen-bond donors (Lipinski definition) is 2. The van der Waals surface area contributed by atoms with Gasteiger partial charge in [0.15, 0.2) is 18.2 Å². The highest BCUT2D eigenvalue weighted by Gasteiger charge is 2.37. The zero-order chi connectivity index (χ0) is 28.0. The van der Waals surface area contributed by atoms with Gasteiger partial charge in [0.05, 0.1) is 23.7 Å². The van der Waals surface area contributed by atoms with Crippen LogP contribution in [0.4, 0.5) is 19.4 Å². The maximum atomic E-state index is 15.2. The van der Waals surface area contributed by atoms with Crippen LogP contribution in [0.2, 0.25) is 0 Å². The molecule has 1 aromatic carbocycles. The fourth-order valence-corrected chi connectivity index (χ4v) is 4.42. The molecule has 2 N–H and O–H groups in total. The molecule has 1 saturated heterocycles. The van der Waals surface area contributed by atoms with Gasteiger partial charge in [-0.2, -0.15) is 5.10 Å². The predicted molar refractivity (Wildman–Crippen MR) is 131 cm³/mol. The van der Waals surface area contributed by atoms with Gasteiger partial charge in [0, 0.05) is 11.8 Å². The van der Waals surface area contributed by atoms with Crippen LogP contribution in [0.1, 0.15) is 11.7 Å². The molecular weight excluding hydrogens is 553 g/mol. The highest BCUT2D eigenvalue weighted by atomic mass is 31.2. The Kier molecular flexibility index (Phi) is 6.31. The number of cyclic esters (lactones) is 1. The molecule has 1 aliphatic heterocycles. The third kappa shape index (κ3) is 4.91. The zero-order valence-corrected chi connectivity index (χ0v) is 21.0. The van der Waals surface area contributed by atoms with Gasteiger partial charge in [-0.05, 0) is 35.9 Å². The molecule has 1 atom stereocenters. The van der Waals surface area contributed by atoms with Gasteiger partial charge in [-0.1, -0.05) is 6.07 Å². The molecular formula is C23H17F2N8O6P. The number of anilines is 1. The molecule has 5 aromatic rings. The molecule has 14 nitrogen and oxygen atoms in total. The van der Waals surface area contributed by atoms with Crippen molar-refractivity contribution in [1.82, 2.24) is 34.3 Å². The van der Waals surface area contributed by atoms with Crippen LogP contribution in [0, 0.1) is 11.6 Å². The molecule has 17 heteroatoms. The van der Waals surface area contributed by atoms with Crippen LogP contribution in [0.15, 0.2) is 61.3 Å². The second-order valence-corrected chi connectivity index (χ2v) is 9.77. The van der Waals surface area contributed by atoms with Crippen LogP contribution in [0.5, 0.6) is 0 Å². The number of pyridine rings is 1. The van der Waals surface area contributed by atoms with E-state index in [9.17, 15) is 13.8 Å². The van der Waals surface area contributed by atoms with E-state index < -0.39 is 38.3 Å². The molecule has 5 heterocycles. The van der Waals surface area contributed by atoms with E-state index in [4.69, 9.17) is 14.5 Å². The highest BCUT2D eigenvalue weighted by molar-refractivity contribution is 7.46. The number of phosphoric ester groups is 1. The molecule has 1 fully saturated rings. The van der Waals surface area contributed by atoms with Crippen LogP contribution in [0.25, 0.3) is 28.2 Å². The minimum Gasteiger partial charge on any atom is -0.446 e. The van der Waals surface area contributed by atoms with E-state index in [1.54, 1.807) is 18.3 Å². The average molecular weight is 570 g/mol. The van der Waals surface area contributed by atoms with Gasteiger partial charge in [0.25, 0.3) is 0 Å². The summed E-state index contributed by atoms with van der Waals surface area (Å²) in [5.74, 6) is -0.976. The summed E-state index contributed by atoms with van der Waals surface area (Å²) in [6.07, 6.45) is 4.63. The Morgan fingerprint density at radius 3 is 2.70 bits per heavy atom. The maximum Gasteiger partial charge on any atom is 0.471 e. The van der Waals surface area contributed by atoms with Crippen LogP contribution in [-0.2, 0) is 20.6 Å². The van der Waals surface area contributed by atoms with Crippen molar-refractivity contribution in [2.24, 2.45) is 0 Å². The molecule has 0 saturated carbocycles. The van der Waals surface area contributed by atoms with Gasteiger partial charge < -0.3 is 14.5 Å². The topological polar surface area (TPSA) is 170 Å². The molecule has 0 spiro atoms. The summed E-state index contributed by atoms with van der Waals surface area (Å²) in [6, 6.07) is 7.92. The number of halogens is 2.